The predicted octanol–water partition coefficient (Wildman–Crippen LogP) is 3.69. The minimum atomic E-state index is 0.0434. The monoisotopic (exact) mass is 427 g/mol. The zero-order chi connectivity index (χ0) is 22.4. The number of aryl methyl sites for hydroxylation is 2. The van der Waals surface area contributed by atoms with E-state index in [9.17, 15) is 4.79 Å². The van der Waals surface area contributed by atoms with Crippen molar-refractivity contribution in [2.45, 2.75) is 34.3 Å². The molecule has 1 aliphatic rings. The van der Waals surface area contributed by atoms with E-state index in [2.05, 4.69) is 23.9 Å². The van der Waals surface area contributed by atoms with Gasteiger partial charge in [0.2, 0.25) is 5.91 Å². The predicted molar refractivity (Wildman–Crippen MR) is 120 cm³/mol. The highest BCUT2D eigenvalue weighted by Gasteiger charge is 2.20. The second-order valence-electron chi connectivity index (χ2n) is 8.35. The Morgan fingerprint density at radius 1 is 1.19 bits per heavy atom. The van der Waals surface area contributed by atoms with E-state index in [0.29, 0.717) is 24.0 Å². The van der Waals surface area contributed by atoms with E-state index >= 15 is 0 Å². The van der Waals surface area contributed by atoms with Crippen LogP contribution in [0.1, 0.15) is 36.4 Å². The van der Waals surface area contributed by atoms with Gasteiger partial charge in [0, 0.05) is 38.8 Å². The highest BCUT2D eigenvalue weighted by molar-refractivity contribution is 5.92. The lowest BCUT2D eigenvalue weighted by atomic mass is 10.1. The van der Waals surface area contributed by atoms with E-state index in [1.54, 1.807) is 13.2 Å². The number of hydrogen-bond acceptors (Lipinski definition) is 6. The molecular formula is C24H33N3O4. The summed E-state index contributed by atoms with van der Waals surface area (Å²) in [5.41, 5.74) is 2.64. The van der Waals surface area contributed by atoms with Gasteiger partial charge in [0.05, 0.1) is 18.4 Å². The van der Waals surface area contributed by atoms with E-state index < -0.39 is 0 Å². The molecule has 2 aromatic rings. The topological polar surface area (TPSA) is 68.0 Å². The fraction of sp³-hybridized carbons (Fsp3) is 0.500. The quantitative estimate of drug-likeness (QED) is 0.599. The largest absolute Gasteiger partial charge is 0.493 e. The average Bonchev–Trinajstić information content (AvgIpc) is 3.08. The molecule has 7 heteroatoms. The molecule has 168 valence electrons. The summed E-state index contributed by atoms with van der Waals surface area (Å²) < 4.78 is 16.6. The number of methoxy groups -OCH3 is 1. The molecule has 1 fully saturated rings. The second-order valence-corrected chi connectivity index (χ2v) is 8.35. The molecule has 1 aliphatic heterocycles. The Labute approximate surface area is 184 Å². The van der Waals surface area contributed by atoms with Gasteiger partial charge < -0.3 is 18.9 Å². The van der Waals surface area contributed by atoms with Crippen molar-refractivity contribution in [2.75, 3.05) is 39.8 Å². The molecule has 1 saturated heterocycles. The number of carbonyl (C=O) groups is 1. The molecule has 2 heterocycles. The number of rotatable bonds is 8. The van der Waals surface area contributed by atoms with Crippen molar-refractivity contribution in [1.29, 1.82) is 0 Å². The maximum atomic E-state index is 12.6. The lowest BCUT2D eigenvalue weighted by Crippen LogP contribution is -2.49. The zero-order valence-electron chi connectivity index (χ0n) is 19.2. The average molecular weight is 428 g/mol. The maximum absolute atomic E-state index is 12.6. The molecule has 1 aromatic heterocycles. The highest BCUT2D eigenvalue weighted by Crippen LogP contribution is 2.30. The summed E-state index contributed by atoms with van der Waals surface area (Å²) in [6, 6.07) is 5.63. The first kappa shape index (κ1) is 22.9. The van der Waals surface area contributed by atoms with Crippen LogP contribution in [0.5, 0.6) is 11.5 Å². The number of ether oxygens (including phenoxy) is 2. The van der Waals surface area contributed by atoms with E-state index in [0.717, 1.165) is 55.3 Å². The SMILES string of the molecule is COc1cc(/C=C/C(=O)N2CCN(CC(C)C)CC2)ccc1OCc1c(C)noc1C. The number of nitrogens with zero attached hydrogens (tertiary/aromatic N) is 3. The van der Waals surface area contributed by atoms with Gasteiger partial charge >= 0.3 is 0 Å². The normalized spacial score (nSPS) is 15.1. The molecule has 7 nitrogen and oxygen atoms in total. The Hall–Kier alpha value is -2.80. The standard InChI is InChI=1S/C24H33N3O4/c1-17(2)15-26-10-12-27(13-11-26)24(28)9-7-20-6-8-22(23(14-20)29-5)30-16-21-18(3)25-31-19(21)4/h6-9,14,17H,10-13,15-16H2,1-5H3/b9-7+. The molecule has 0 radical (unpaired) electrons. The van der Waals surface area contributed by atoms with Gasteiger partial charge in [-0.2, -0.15) is 0 Å². The third kappa shape index (κ3) is 6.10. The van der Waals surface area contributed by atoms with Crippen molar-refractivity contribution >= 4 is 12.0 Å². The van der Waals surface area contributed by atoms with Crippen LogP contribution in [-0.4, -0.2) is 60.7 Å². The van der Waals surface area contributed by atoms with Gasteiger partial charge in [0.1, 0.15) is 12.4 Å². The third-order valence-corrected chi connectivity index (χ3v) is 5.47. The van der Waals surface area contributed by atoms with Crippen molar-refractivity contribution in [3.8, 4) is 11.5 Å². The molecule has 0 unspecified atom stereocenters. The summed E-state index contributed by atoms with van der Waals surface area (Å²) in [6.45, 7) is 13.1. The van der Waals surface area contributed by atoms with Crippen LogP contribution in [0.2, 0.25) is 0 Å². The summed E-state index contributed by atoms with van der Waals surface area (Å²) in [6.07, 6.45) is 3.46. The lowest BCUT2D eigenvalue weighted by Gasteiger charge is -2.35. The number of aromatic nitrogens is 1. The summed E-state index contributed by atoms with van der Waals surface area (Å²) in [7, 11) is 1.60. The van der Waals surface area contributed by atoms with Gasteiger partial charge in [-0.15, -0.1) is 0 Å². The molecule has 0 aliphatic carbocycles. The third-order valence-electron chi connectivity index (χ3n) is 5.47. The van der Waals surface area contributed by atoms with Crippen LogP contribution in [-0.2, 0) is 11.4 Å². The molecule has 3 rings (SSSR count). The fourth-order valence-corrected chi connectivity index (χ4v) is 3.71. The van der Waals surface area contributed by atoms with E-state index in [1.807, 2.05) is 43.0 Å². The summed E-state index contributed by atoms with van der Waals surface area (Å²) in [5, 5.41) is 3.95. The van der Waals surface area contributed by atoms with Crippen molar-refractivity contribution in [1.82, 2.24) is 15.0 Å². The summed E-state index contributed by atoms with van der Waals surface area (Å²) >= 11 is 0. The Bertz CT molecular complexity index is 892. The van der Waals surface area contributed by atoms with Gasteiger partial charge in [-0.25, -0.2) is 0 Å². The molecule has 1 amide bonds. The van der Waals surface area contributed by atoms with Gasteiger partial charge in [-0.1, -0.05) is 25.1 Å². The molecular weight excluding hydrogens is 394 g/mol. The number of amides is 1. The second kappa shape index (κ2) is 10.5. The van der Waals surface area contributed by atoms with Crippen LogP contribution in [0.25, 0.3) is 6.08 Å². The smallest absolute Gasteiger partial charge is 0.246 e. The first-order valence-corrected chi connectivity index (χ1v) is 10.8. The van der Waals surface area contributed by atoms with Crippen molar-refractivity contribution < 1.29 is 18.8 Å². The van der Waals surface area contributed by atoms with Crippen LogP contribution in [0.15, 0.2) is 28.8 Å². The van der Waals surface area contributed by atoms with Crippen LogP contribution < -0.4 is 9.47 Å². The van der Waals surface area contributed by atoms with Gasteiger partial charge in [0.15, 0.2) is 11.5 Å². The van der Waals surface area contributed by atoms with Crippen LogP contribution in [0.3, 0.4) is 0 Å². The minimum Gasteiger partial charge on any atom is -0.493 e. The molecule has 0 bridgehead atoms. The summed E-state index contributed by atoms with van der Waals surface area (Å²) in [5.74, 6) is 2.69. The van der Waals surface area contributed by atoms with E-state index in [4.69, 9.17) is 14.0 Å². The Balaban J connectivity index is 1.58. The number of piperazine rings is 1. The van der Waals surface area contributed by atoms with Crippen LogP contribution in [0, 0.1) is 19.8 Å². The molecule has 0 saturated carbocycles. The zero-order valence-corrected chi connectivity index (χ0v) is 19.2. The first-order chi connectivity index (χ1) is 14.9. The van der Waals surface area contributed by atoms with Crippen molar-refractivity contribution in [3.05, 3.63) is 46.9 Å². The maximum Gasteiger partial charge on any atom is 0.246 e. The van der Waals surface area contributed by atoms with Gasteiger partial charge in [-0.05, 0) is 43.5 Å². The van der Waals surface area contributed by atoms with Crippen LogP contribution in [0.4, 0.5) is 0 Å². The van der Waals surface area contributed by atoms with Crippen molar-refractivity contribution in [3.63, 3.8) is 0 Å². The fourth-order valence-electron chi connectivity index (χ4n) is 3.71. The number of benzene rings is 1. The van der Waals surface area contributed by atoms with Gasteiger partial charge in [0.25, 0.3) is 0 Å². The first-order valence-electron chi connectivity index (χ1n) is 10.8. The molecule has 0 spiro atoms. The van der Waals surface area contributed by atoms with E-state index in [-0.39, 0.29) is 5.91 Å². The molecule has 0 N–H and O–H groups in total. The molecule has 0 atom stereocenters. The number of hydrogen-bond donors (Lipinski definition) is 0. The Morgan fingerprint density at radius 3 is 2.55 bits per heavy atom. The Kier molecular flexibility index (Phi) is 7.74. The van der Waals surface area contributed by atoms with Crippen LogP contribution >= 0.6 is 0 Å². The van der Waals surface area contributed by atoms with E-state index in [1.165, 1.54) is 0 Å². The van der Waals surface area contributed by atoms with Gasteiger partial charge in [-0.3, -0.25) is 9.69 Å². The molecule has 31 heavy (non-hydrogen) atoms. The number of carbonyl (C=O) groups excluding carboxylic acids is 1. The molecule has 1 aromatic carbocycles. The minimum absolute atomic E-state index is 0.0434. The van der Waals surface area contributed by atoms with Crippen molar-refractivity contribution in [2.24, 2.45) is 5.92 Å². The lowest BCUT2D eigenvalue weighted by molar-refractivity contribution is -0.127. The Morgan fingerprint density at radius 2 is 1.94 bits per heavy atom. The summed E-state index contributed by atoms with van der Waals surface area (Å²) in [4.78, 5) is 16.9. The highest BCUT2D eigenvalue weighted by atomic mass is 16.5.